The third-order valence-electron chi connectivity index (χ3n) is 4.80. The average molecular weight is 378 g/mol. The van der Waals surface area contributed by atoms with Crippen LogP contribution in [-0.4, -0.2) is 16.3 Å². The van der Waals surface area contributed by atoms with Crippen LogP contribution < -0.4 is 5.73 Å². The standard InChI is InChI=1S/C22H35N3.ClH/c1-2-3-4-5-6-7-8-9-11-20-12-14-21(15-13-20)22-16-19-25(24-22)18-10-17-23;/h12-16,19H,2-11,17-18,23H2,1H3;1H. The fourth-order valence-corrected chi connectivity index (χ4v) is 3.20. The molecule has 0 aliphatic carbocycles. The van der Waals surface area contributed by atoms with Crippen molar-refractivity contribution in [3.63, 3.8) is 0 Å². The summed E-state index contributed by atoms with van der Waals surface area (Å²) in [7, 11) is 0. The number of hydrogen-bond acceptors (Lipinski definition) is 2. The molecule has 2 aromatic rings. The quantitative estimate of drug-likeness (QED) is 0.435. The number of aromatic nitrogens is 2. The number of unbranched alkanes of at least 4 members (excludes halogenated alkanes) is 7. The molecular weight excluding hydrogens is 342 g/mol. The molecule has 0 spiro atoms. The maximum absolute atomic E-state index is 5.56. The maximum Gasteiger partial charge on any atom is 0.0923 e. The van der Waals surface area contributed by atoms with E-state index in [1.165, 1.54) is 68.9 Å². The van der Waals surface area contributed by atoms with E-state index in [9.17, 15) is 0 Å². The number of nitrogens with zero attached hydrogens (tertiary/aromatic N) is 2. The summed E-state index contributed by atoms with van der Waals surface area (Å²) in [6.45, 7) is 3.88. The molecule has 4 heteroatoms. The van der Waals surface area contributed by atoms with E-state index in [0.29, 0.717) is 6.54 Å². The van der Waals surface area contributed by atoms with Gasteiger partial charge in [0.05, 0.1) is 5.69 Å². The van der Waals surface area contributed by atoms with Gasteiger partial charge in [0.1, 0.15) is 0 Å². The van der Waals surface area contributed by atoms with Crippen molar-refractivity contribution in [1.82, 2.24) is 9.78 Å². The van der Waals surface area contributed by atoms with E-state index in [-0.39, 0.29) is 12.4 Å². The van der Waals surface area contributed by atoms with Gasteiger partial charge in [-0.15, -0.1) is 12.4 Å². The largest absolute Gasteiger partial charge is 0.330 e. The normalized spacial score (nSPS) is 10.7. The lowest BCUT2D eigenvalue weighted by Crippen LogP contribution is -2.06. The van der Waals surface area contributed by atoms with Gasteiger partial charge in [-0.3, -0.25) is 4.68 Å². The minimum absolute atomic E-state index is 0. The Hall–Kier alpha value is -1.32. The molecule has 0 amide bonds. The Balaban J connectivity index is 0.00000338. The van der Waals surface area contributed by atoms with Crippen LogP contribution in [0.5, 0.6) is 0 Å². The first kappa shape index (κ1) is 22.7. The molecule has 1 aromatic heterocycles. The van der Waals surface area contributed by atoms with Crippen molar-refractivity contribution < 1.29 is 0 Å². The van der Waals surface area contributed by atoms with Gasteiger partial charge in [0.15, 0.2) is 0 Å². The SMILES string of the molecule is CCCCCCCCCCc1ccc(-c2ccn(CCCN)n2)cc1.Cl. The lowest BCUT2D eigenvalue weighted by molar-refractivity contribution is 0.575. The van der Waals surface area contributed by atoms with Crippen molar-refractivity contribution in [3.05, 3.63) is 42.1 Å². The highest BCUT2D eigenvalue weighted by Crippen LogP contribution is 2.19. The van der Waals surface area contributed by atoms with E-state index < -0.39 is 0 Å². The second-order valence-electron chi connectivity index (χ2n) is 7.03. The molecule has 0 radical (unpaired) electrons. The Morgan fingerprint density at radius 1 is 0.846 bits per heavy atom. The summed E-state index contributed by atoms with van der Waals surface area (Å²) in [4.78, 5) is 0. The molecule has 0 fully saturated rings. The van der Waals surface area contributed by atoms with E-state index in [1.807, 2.05) is 10.9 Å². The Kier molecular flexibility index (Phi) is 12.1. The van der Waals surface area contributed by atoms with Crippen LogP contribution >= 0.6 is 12.4 Å². The summed E-state index contributed by atoms with van der Waals surface area (Å²) < 4.78 is 1.98. The van der Waals surface area contributed by atoms with E-state index in [4.69, 9.17) is 5.73 Å². The van der Waals surface area contributed by atoms with Crippen LogP contribution in [0.2, 0.25) is 0 Å². The first-order chi connectivity index (χ1) is 12.3. The van der Waals surface area contributed by atoms with E-state index in [0.717, 1.165) is 18.7 Å². The van der Waals surface area contributed by atoms with Crippen LogP contribution in [-0.2, 0) is 13.0 Å². The summed E-state index contributed by atoms with van der Waals surface area (Å²) in [6, 6.07) is 11.0. The molecule has 0 atom stereocenters. The molecule has 26 heavy (non-hydrogen) atoms. The molecule has 2 N–H and O–H groups in total. The molecule has 1 heterocycles. The molecule has 0 saturated heterocycles. The smallest absolute Gasteiger partial charge is 0.0923 e. The third-order valence-corrected chi connectivity index (χ3v) is 4.80. The van der Waals surface area contributed by atoms with Crippen LogP contribution in [0.25, 0.3) is 11.3 Å². The number of aryl methyl sites for hydroxylation is 2. The van der Waals surface area contributed by atoms with Crippen molar-refractivity contribution in [2.24, 2.45) is 5.73 Å². The predicted octanol–water partition coefficient (Wildman–Crippen LogP) is 6.00. The van der Waals surface area contributed by atoms with Gasteiger partial charge in [0.2, 0.25) is 0 Å². The van der Waals surface area contributed by atoms with Crippen LogP contribution in [0, 0.1) is 0 Å². The molecule has 0 unspecified atom stereocenters. The lowest BCUT2D eigenvalue weighted by atomic mass is 10.0. The topological polar surface area (TPSA) is 43.8 Å². The second-order valence-corrected chi connectivity index (χ2v) is 7.03. The van der Waals surface area contributed by atoms with E-state index >= 15 is 0 Å². The highest BCUT2D eigenvalue weighted by Gasteiger charge is 2.03. The van der Waals surface area contributed by atoms with E-state index in [2.05, 4.69) is 42.4 Å². The molecule has 2 rings (SSSR count). The van der Waals surface area contributed by atoms with Crippen LogP contribution in [0.15, 0.2) is 36.5 Å². The van der Waals surface area contributed by atoms with Crippen molar-refractivity contribution in [3.8, 4) is 11.3 Å². The Bertz CT molecular complexity index is 577. The van der Waals surface area contributed by atoms with Gasteiger partial charge in [-0.25, -0.2) is 0 Å². The number of halogens is 1. The number of hydrogen-bond donors (Lipinski definition) is 1. The van der Waals surface area contributed by atoms with Crippen molar-refractivity contribution in [2.45, 2.75) is 77.7 Å². The summed E-state index contributed by atoms with van der Waals surface area (Å²) in [5.41, 5.74) is 9.25. The first-order valence-electron chi connectivity index (χ1n) is 10.2. The molecule has 0 bridgehead atoms. The minimum Gasteiger partial charge on any atom is -0.330 e. The molecular formula is C22H36ClN3. The third kappa shape index (κ3) is 8.37. The van der Waals surface area contributed by atoms with Gasteiger partial charge in [-0.2, -0.15) is 5.10 Å². The van der Waals surface area contributed by atoms with Gasteiger partial charge < -0.3 is 5.73 Å². The second kappa shape index (κ2) is 13.8. The zero-order valence-electron chi connectivity index (χ0n) is 16.3. The van der Waals surface area contributed by atoms with Gasteiger partial charge >= 0.3 is 0 Å². The highest BCUT2D eigenvalue weighted by atomic mass is 35.5. The summed E-state index contributed by atoms with van der Waals surface area (Å²) in [6.07, 6.45) is 15.2. The molecule has 0 aliphatic heterocycles. The summed E-state index contributed by atoms with van der Waals surface area (Å²) in [5, 5.41) is 4.63. The molecule has 146 valence electrons. The molecule has 3 nitrogen and oxygen atoms in total. The predicted molar refractivity (Wildman–Crippen MR) is 115 cm³/mol. The van der Waals surface area contributed by atoms with Crippen LogP contribution in [0.4, 0.5) is 0 Å². The summed E-state index contributed by atoms with van der Waals surface area (Å²) >= 11 is 0. The monoisotopic (exact) mass is 377 g/mol. The highest BCUT2D eigenvalue weighted by molar-refractivity contribution is 5.85. The fraction of sp³-hybridized carbons (Fsp3) is 0.591. The molecule has 0 aliphatic rings. The van der Waals surface area contributed by atoms with Crippen LogP contribution in [0.3, 0.4) is 0 Å². The van der Waals surface area contributed by atoms with Gasteiger partial charge in [0, 0.05) is 18.3 Å². The van der Waals surface area contributed by atoms with Crippen molar-refractivity contribution in [1.29, 1.82) is 0 Å². The van der Waals surface area contributed by atoms with Crippen LogP contribution in [0.1, 0.15) is 70.3 Å². The van der Waals surface area contributed by atoms with Gasteiger partial charge in [-0.1, -0.05) is 76.1 Å². The van der Waals surface area contributed by atoms with Crippen molar-refractivity contribution >= 4 is 12.4 Å². The zero-order valence-corrected chi connectivity index (χ0v) is 17.1. The first-order valence-corrected chi connectivity index (χ1v) is 10.2. The number of rotatable bonds is 13. The maximum atomic E-state index is 5.56. The van der Waals surface area contributed by atoms with Gasteiger partial charge in [0.25, 0.3) is 0 Å². The molecule has 1 aromatic carbocycles. The minimum atomic E-state index is 0. The van der Waals surface area contributed by atoms with Gasteiger partial charge in [-0.05, 0) is 37.4 Å². The Morgan fingerprint density at radius 2 is 1.50 bits per heavy atom. The number of nitrogens with two attached hydrogens (primary N) is 1. The zero-order chi connectivity index (χ0) is 17.7. The lowest BCUT2D eigenvalue weighted by Gasteiger charge is -2.04. The fourth-order valence-electron chi connectivity index (χ4n) is 3.20. The summed E-state index contributed by atoms with van der Waals surface area (Å²) in [5.74, 6) is 0. The van der Waals surface area contributed by atoms with Crippen molar-refractivity contribution in [2.75, 3.05) is 6.54 Å². The number of benzene rings is 1. The Morgan fingerprint density at radius 3 is 2.15 bits per heavy atom. The van der Waals surface area contributed by atoms with E-state index in [1.54, 1.807) is 0 Å². The average Bonchev–Trinajstić information content (AvgIpc) is 3.11. The Labute approximate surface area is 165 Å². The molecule has 0 saturated carbocycles.